The molecular formula is C21H19F4N7OS2. The maximum Gasteiger partial charge on any atom is 0.397 e. The number of carbonyl (C=O) groups excluding carboxylic acids is 1. The van der Waals surface area contributed by atoms with E-state index in [1.807, 2.05) is 4.90 Å². The van der Waals surface area contributed by atoms with Crippen molar-refractivity contribution >= 4 is 51.5 Å². The predicted octanol–water partition coefficient (Wildman–Crippen LogP) is 5.05. The lowest BCUT2D eigenvalue weighted by atomic mass is 9.91. The van der Waals surface area contributed by atoms with Gasteiger partial charge < -0.3 is 15.5 Å². The molecule has 2 N–H and O–H groups in total. The quantitative estimate of drug-likeness (QED) is 0.312. The highest BCUT2D eigenvalue weighted by molar-refractivity contribution is 7.99. The van der Waals surface area contributed by atoms with E-state index in [1.54, 1.807) is 23.7 Å². The Bertz CT molecular complexity index is 1200. The lowest BCUT2D eigenvalue weighted by Gasteiger charge is -2.45. The number of nitrogens with zero attached hydrogens (tertiary/aromatic N) is 5. The summed E-state index contributed by atoms with van der Waals surface area (Å²) in [4.78, 5) is 23.2. The molecule has 2 aromatic heterocycles. The summed E-state index contributed by atoms with van der Waals surface area (Å²) in [6.07, 6.45) is -4.27. The third-order valence-corrected chi connectivity index (χ3v) is 7.02. The summed E-state index contributed by atoms with van der Waals surface area (Å²) < 4.78 is 52.0. The Kier molecular flexibility index (Phi) is 6.25. The zero-order valence-corrected chi connectivity index (χ0v) is 19.7. The fraction of sp³-hybridized carbons (Fsp3) is 0.381. The number of aromatic nitrogens is 4. The van der Waals surface area contributed by atoms with Crippen LogP contribution in [-0.4, -0.2) is 51.0 Å². The first-order valence-electron chi connectivity index (χ1n) is 10.7. The highest BCUT2D eigenvalue weighted by atomic mass is 32.2. The van der Waals surface area contributed by atoms with Gasteiger partial charge in [-0.1, -0.05) is 11.3 Å². The molecule has 3 aromatic rings. The molecule has 14 heteroatoms. The Morgan fingerprint density at radius 3 is 2.57 bits per heavy atom. The Labute approximate surface area is 205 Å². The smallest absolute Gasteiger partial charge is 0.350 e. The number of alkyl halides is 4. The first-order valence-corrected chi connectivity index (χ1v) is 12.4. The zero-order valence-electron chi connectivity index (χ0n) is 18.0. The van der Waals surface area contributed by atoms with Crippen LogP contribution in [0.1, 0.15) is 19.3 Å². The first kappa shape index (κ1) is 23.7. The Morgan fingerprint density at radius 1 is 1.20 bits per heavy atom. The van der Waals surface area contributed by atoms with E-state index >= 15 is 0 Å². The van der Waals surface area contributed by atoms with Crippen LogP contribution in [0.5, 0.6) is 0 Å². The largest absolute Gasteiger partial charge is 0.397 e. The Hall–Kier alpha value is -3.00. The van der Waals surface area contributed by atoms with E-state index in [-0.39, 0.29) is 24.7 Å². The van der Waals surface area contributed by atoms with Gasteiger partial charge in [-0.2, -0.15) is 13.2 Å². The second-order valence-electron chi connectivity index (χ2n) is 8.39. The van der Waals surface area contributed by atoms with Gasteiger partial charge in [0.25, 0.3) is 0 Å². The number of nitrogens with one attached hydrogen (secondary N) is 2. The van der Waals surface area contributed by atoms with Crippen LogP contribution in [0.25, 0.3) is 0 Å². The number of hydrogen-bond acceptors (Lipinski definition) is 9. The summed E-state index contributed by atoms with van der Waals surface area (Å²) in [6.45, 7) is 0.562. The van der Waals surface area contributed by atoms with Gasteiger partial charge in [-0.25, -0.2) is 14.4 Å². The predicted molar refractivity (Wildman–Crippen MR) is 124 cm³/mol. The molecule has 0 spiro atoms. The number of halogens is 4. The molecule has 1 saturated heterocycles. The van der Waals surface area contributed by atoms with Gasteiger partial charge in [0.05, 0.1) is 13.1 Å². The summed E-state index contributed by atoms with van der Waals surface area (Å²) in [5.74, 6) is 0.0575. The minimum absolute atomic E-state index is 0.128. The van der Waals surface area contributed by atoms with Crippen LogP contribution in [0, 0.1) is 5.92 Å². The van der Waals surface area contributed by atoms with E-state index in [4.69, 9.17) is 0 Å². The van der Waals surface area contributed by atoms with Crippen LogP contribution in [0.15, 0.2) is 45.9 Å². The third-order valence-electron chi connectivity index (χ3n) is 5.54. The molecule has 1 saturated carbocycles. The molecule has 1 aromatic carbocycles. The number of carbonyl (C=O) groups is 1. The third kappa shape index (κ3) is 5.99. The lowest BCUT2D eigenvalue weighted by Crippen LogP contribution is -2.60. The first-order chi connectivity index (χ1) is 16.6. The van der Waals surface area contributed by atoms with Crippen molar-refractivity contribution in [2.75, 3.05) is 28.6 Å². The van der Waals surface area contributed by atoms with E-state index in [1.165, 1.54) is 35.2 Å². The van der Waals surface area contributed by atoms with Gasteiger partial charge in [-0.3, -0.25) is 4.79 Å². The van der Waals surface area contributed by atoms with E-state index in [2.05, 4.69) is 30.8 Å². The minimum atomic E-state index is -4.57. The minimum Gasteiger partial charge on any atom is -0.350 e. The molecular weight excluding hydrogens is 506 g/mol. The number of anilines is 4. The number of benzene rings is 1. The number of hydrogen-bond donors (Lipinski definition) is 2. The summed E-state index contributed by atoms with van der Waals surface area (Å²) in [6, 6.07) is 8.03. The van der Waals surface area contributed by atoms with Crippen LogP contribution in [0.2, 0.25) is 0 Å². The highest BCUT2D eigenvalue weighted by Crippen LogP contribution is 2.48. The Balaban J connectivity index is 1.30. The van der Waals surface area contributed by atoms with Gasteiger partial charge in [-0.15, -0.1) is 10.2 Å². The molecule has 0 atom stereocenters. The molecule has 2 fully saturated rings. The van der Waals surface area contributed by atoms with E-state index in [0.717, 1.165) is 12.8 Å². The lowest BCUT2D eigenvalue weighted by molar-refractivity contribution is -0.150. The molecule has 184 valence electrons. The second kappa shape index (κ2) is 9.22. The van der Waals surface area contributed by atoms with Gasteiger partial charge in [0, 0.05) is 16.6 Å². The van der Waals surface area contributed by atoms with Gasteiger partial charge in [0.1, 0.15) is 29.2 Å². The van der Waals surface area contributed by atoms with Crippen molar-refractivity contribution in [1.82, 2.24) is 20.2 Å². The molecule has 0 unspecified atom stereocenters. The molecule has 1 aliphatic carbocycles. The number of rotatable bonds is 8. The van der Waals surface area contributed by atoms with Crippen molar-refractivity contribution < 1.29 is 22.4 Å². The van der Waals surface area contributed by atoms with Gasteiger partial charge in [0.2, 0.25) is 11.0 Å². The molecule has 5 rings (SSSR count). The molecule has 8 nitrogen and oxygen atoms in total. The fourth-order valence-corrected chi connectivity index (χ4v) is 4.95. The van der Waals surface area contributed by atoms with E-state index in [9.17, 15) is 22.4 Å². The average molecular weight is 526 g/mol. The van der Waals surface area contributed by atoms with Crippen molar-refractivity contribution in [3.05, 3.63) is 35.8 Å². The highest BCUT2D eigenvalue weighted by Gasteiger charge is 2.54. The summed E-state index contributed by atoms with van der Waals surface area (Å²) >= 11 is 2.53. The van der Waals surface area contributed by atoms with Crippen molar-refractivity contribution in [2.24, 2.45) is 5.92 Å². The molecule has 35 heavy (non-hydrogen) atoms. The van der Waals surface area contributed by atoms with Crippen LogP contribution < -0.4 is 15.5 Å². The van der Waals surface area contributed by atoms with Crippen molar-refractivity contribution in [1.29, 1.82) is 0 Å². The van der Waals surface area contributed by atoms with Gasteiger partial charge in [0.15, 0.2) is 5.16 Å². The summed E-state index contributed by atoms with van der Waals surface area (Å²) in [5.41, 5.74) is 0.659. The van der Waals surface area contributed by atoms with Crippen LogP contribution >= 0.6 is 23.1 Å². The van der Waals surface area contributed by atoms with Gasteiger partial charge >= 0.3 is 6.18 Å². The fourth-order valence-electron chi connectivity index (χ4n) is 3.73. The van der Waals surface area contributed by atoms with Crippen molar-refractivity contribution in [3.63, 3.8) is 0 Å². The van der Waals surface area contributed by atoms with Crippen LogP contribution in [-0.2, 0) is 4.79 Å². The molecule has 0 bridgehead atoms. The molecule has 1 aliphatic heterocycles. The average Bonchev–Trinajstić information content (AvgIpc) is 3.49. The normalized spacial score (nSPS) is 17.1. The summed E-state index contributed by atoms with van der Waals surface area (Å²) in [5, 5.41) is 14.0. The van der Waals surface area contributed by atoms with E-state index < -0.39 is 24.2 Å². The van der Waals surface area contributed by atoms with Crippen molar-refractivity contribution in [3.8, 4) is 0 Å². The maximum absolute atomic E-state index is 14.9. The zero-order chi connectivity index (χ0) is 24.6. The van der Waals surface area contributed by atoms with Crippen LogP contribution in [0.3, 0.4) is 0 Å². The monoisotopic (exact) mass is 525 g/mol. The molecule has 1 amide bonds. The van der Waals surface area contributed by atoms with E-state index in [0.29, 0.717) is 26.8 Å². The maximum atomic E-state index is 14.9. The molecule has 0 radical (unpaired) electrons. The van der Waals surface area contributed by atoms with Gasteiger partial charge in [-0.05, 0) is 54.8 Å². The van der Waals surface area contributed by atoms with Crippen LogP contribution in [0.4, 0.5) is 40.0 Å². The Morgan fingerprint density at radius 2 is 1.94 bits per heavy atom. The second-order valence-corrected chi connectivity index (χ2v) is 10.3. The SMILES string of the molecule is O=C(CC(F)(F)F)Nc1ccc(Sc2nc(Nc3nncs3)cc(N3CC(F)(C4CC4)C3)n2)cc1. The topological polar surface area (TPSA) is 95.9 Å². The van der Waals surface area contributed by atoms with Crippen molar-refractivity contribution in [2.45, 2.75) is 41.2 Å². The summed E-state index contributed by atoms with van der Waals surface area (Å²) in [7, 11) is 0. The number of amides is 1. The standard InChI is InChI=1S/C21H19F4N7OS2/c22-20(12-1-2-12)9-32(10-20)16-7-15(29-19-31-26-11-34-19)28-18(30-16)35-14-5-3-13(4-6-14)27-17(33)8-21(23,24)25/h3-7,11-12H,1-2,8-10H2,(H,27,33)(H,28,29,30,31). The molecule has 2 aliphatic rings. The molecule has 3 heterocycles.